The van der Waals surface area contributed by atoms with Gasteiger partial charge < -0.3 is 10.0 Å². The molecule has 21 heavy (non-hydrogen) atoms. The average molecular weight is 310 g/mol. The fourth-order valence-electron chi connectivity index (χ4n) is 3.19. The Morgan fingerprint density at radius 2 is 2.24 bits per heavy atom. The Kier molecular flexibility index (Phi) is 4.42. The molecule has 2 aliphatic heterocycles. The van der Waals surface area contributed by atoms with Gasteiger partial charge in [0.15, 0.2) is 5.82 Å². The number of nitrogens with zero attached hydrogens (tertiary/aromatic N) is 4. The number of hydrogen-bond acceptors (Lipinski definition) is 6. The van der Waals surface area contributed by atoms with E-state index in [1.165, 1.54) is 11.6 Å². The van der Waals surface area contributed by atoms with Crippen molar-refractivity contribution in [3.8, 4) is 0 Å². The van der Waals surface area contributed by atoms with E-state index in [4.69, 9.17) is 12.2 Å². The zero-order chi connectivity index (χ0) is 14.8. The first-order valence-electron chi connectivity index (χ1n) is 7.29. The molecule has 1 aromatic rings. The highest BCUT2D eigenvalue weighted by atomic mass is 32.1. The van der Waals surface area contributed by atoms with E-state index in [0.717, 1.165) is 39.0 Å². The quantitative estimate of drug-likeness (QED) is 0.836. The number of rotatable bonds is 3. The van der Waals surface area contributed by atoms with Gasteiger partial charge in [-0.15, -0.1) is 0 Å². The molecule has 0 aromatic carbocycles. The second-order valence-electron chi connectivity index (χ2n) is 5.74. The standard InChI is InChI=1S/C14H19FN4OS/c15-12-5-16-14(17-13(12)9-21)19-4-3-18-6-10(8-20)1-2-11(18)7-19/h5,9-11,20H,1-4,6-8H2. The lowest BCUT2D eigenvalue weighted by atomic mass is 9.92. The van der Waals surface area contributed by atoms with Crippen molar-refractivity contribution in [3.63, 3.8) is 0 Å². The van der Waals surface area contributed by atoms with Gasteiger partial charge in [0, 0.05) is 44.2 Å². The minimum Gasteiger partial charge on any atom is -0.396 e. The van der Waals surface area contributed by atoms with E-state index in [2.05, 4.69) is 19.8 Å². The van der Waals surface area contributed by atoms with Crippen LogP contribution in [0.4, 0.5) is 10.3 Å². The highest BCUT2D eigenvalue weighted by Crippen LogP contribution is 2.26. The van der Waals surface area contributed by atoms with Gasteiger partial charge in [-0.3, -0.25) is 4.90 Å². The number of aromatic nitrogens is 2. The molecule has 1 aromatic heterocycles. The summed E-state index contributed by atoms with van der Waals surface area (Å²) < 4.78 is 13.4. The van der Waals surface area contributed by atoms with E-state index >= 15 is 0 Å². The van der Waals surface area contributed by atoms with Crippen LogP contribution in [-0.4, -0.2) is 64.2 Å². The fraction of sp³-hybridized carbons (Fsp3) is 0.643. The predicted molar refractivity (Wildman–Crippen MR) is 82.1 cm³/mol. The van der Waals surface area contributed by atoms with Crippen molar-refractivity contribution in [3.05, 3.63) is 17.7 Å². The number of hydrogen-bond donors (Lipinski definition) is 1. The molecular formula is C14H19FN4OS. The molecule has 0 radical (unpaired) electrons. The minimum absolute atomic E-state index is 0.182. The minimum atomic E-state index is -0.476. The fourth-order valence-corrected chi connectivity index (χ4v) is 3.36. The zero-order valence-electron chi connectivity index (χ0n) is 11.8. The molecule has 3 heterocycles. The molecule has 7 heteroatoms. The van der Waals surface area contributed by atoms with Gasteiger partial charge in [-0.1, -0.05) is 12.2 Å². The summed E-state index contributed by atoms with van der Waals surface area (Å²) in [5.74, 6) is 0.476. The largest absolute Gasteiger partial charge is 0.396 e. The molecule has 0 amide bonds. The van der Waals surface area contributed by atoms with Crippen LogP contribution in [0.5, 0.6) is 0 Å². The lowest BCUT2D eigenvalue weighted by molar-refractivity contribution is 0.0670. The number of thiocarbonyl (C=S) groups is 1. The van der Waals surface area contributed by atoms with E-state index in [1.54, 1.807) is 0 Å². The molecule has 0 bridgehead atoms. The smallest absolute Gasteiger partial charge is 0.226 e. The molecule has 3 rings (SSSR count). The van der Waals surface area contributed by atoms with Crippen LogP contribution < -0.4 is 4.90 Å². The Morgan fingerprint density at radius 1 is 1.38 bits per heavy atom. The van der Waals surface area contributed by atoms with Crippen molar-refractivity contribution in [2.24, 2.45) is 5.92 Å². The molecule has 0 spiro atoms. The molecule has 5 nitrogen and oxygen atoms in total. The number of halogens is 1. The summed E-state index contributed by atoms with van der Waals surface area (Å²) in [7, 11) is 0. The summed E-state index contributed by atoms with van der Waals surface area (Å²) >= 11 is 4.78. The number of aliphatic hydroxyl groups excluding tert-OH is 1. The van der Waals surface area contributed by atoms with Gasteiger partial charge in [0.05, 0.1) is 6.20 Å². The first kappa shape index (κ1) is 14.7. The van der Waals surface area contributed by atoms with Gasteiger partial charge in [-0.25, -0.2) is 14.4 Å². The highest BCUT2D eigenvalue weighted by Gasteiger charge is 2.33. The van der Waals surface area contributed by atoms with Crippen LogP contribution in [-0.2, 0) is 0 Å². The molecular weight excluding hydrogens is 291 g/mol. The van der Waals surface area contributed by atoms with E-state index in [9.17, 15) is 9.50 Å². The highest BCUT2D eigenvalue weighted by molar-refractivity contribution is 7.79. The van der Waals surface area contributed by atoms with Crippen LogP contribution in [0.15, 0.2) is 6.20 Å². The first-order chi connectivity index (χ1) is 10.2. The molecule has 2 atom stereocenters. The third-order valence-corrected chi connectivity index (χ3v) is 4.64. The van der Waals surface area contributed by atoms with Gasteiger partial charge >= 0.3 is 0 Å². The first-order valence-corrected chi connectivity index (χ1v) is 7.76. The zero-order valence-corrected chi connectivity index (χ0v) is 12.6. The Morgan fingerprint density at radius 3 is 3.00 bits per heavy atom. The van der Waals surface area contributed by atoms with Crippen molar-refractivity contribution in [2.45, 2.75) is 18.9 Å². The average Bonchev–Trinajstić information content (AvgIpc) is 2.54. The lowest BCUT2D eigenvalue weighted by Gasteiger charge is -2.46. The van der Waals surface area contributed by atoms with Crippen LogP contribution in [0.2, 0.25) is 0 Å². The summed E-state index contributed by atoms with van der Waals surface area (Å²) in [5.41, 5.74) is 0.182. The van der Waals surface area contributed by atoms with Gasteiger partial charge in [0.1, 0.15) is 5.69 Å². The van der Waals surface area contributed by atoms with Crippen LogP contribution in [0.3, 0.4) is 0 Å². The third kappa shape index (κ3) is 3.04. The van der Waals surface area contributed by atoms with Crippen LogP contribution in [0, 0.1) is 11.7 Å². The molecule has 0 aliphatic carbocycles. The summed E-state index contributed by atoms with van der Waals surface area (Å²) in [6, 6.07) is 0.464. The molecule has 2 unspecified atom stereocenters. The van der Waals surface area contributed by atoms with Crippen LogP contribution in [0.1, 0.15) is 18.5 Å². The monoisotopic (exact) mass is 310 g/mol. The number of aliphatic hydroxyl groups is 1. The Labute approximate surface area is 128 Å². The van der Waals surface area contributed by atoms with Crippen LogP contribution >= 0.6 is 12.2 Å². The Hall–Kier alpha value is -1.18. The maximum Gasteiger partial charge on any atom is 0.226 e. The van der Waals surface area contributed by atoms with Crippen molar-refractivity contribution in [1.82, 2.24) is 14.9 Å². The maximum atomic E-state index is 13.4. The van der Waals surface area contributed by atoms with E-state index in [-0.39, 0.29) is 12.3 Å². The summed E-state index contributed by atoms with van der Waals surface area (Å²) in [4.78, 5) is 12.8. The maximum absolute atomic E-state index is 13.4. The van der Waals surface area contributed by atoms with Gasteiger partial charge in [0.25, 0.3) is 0 Å². The van der Waals surface area contributed by atoms with Crippen LogP contribution in [0.25, 0.3) is 0 Å². The number of piperazine rings is 1. The van der Waals surface area contributed by atoms with Crippen molar-refractivity contribution < 1.29 is 9.50 Å². The van der Waals surface area contributed by atoms with Gasteiger partial charge in [-0.05, 0) is 18.8 Å². The number of fused-ring (bicyclic) bond motifs is 1. The Bertz CT molecular complexity index is 530. The van der Waals surface area contributed by atoms with Crippen molar-refractivity contribution in [1.29, 1.82) is 0 Å². The molecule has 114 valence electrons. The molecule has 2 fully saturated rings. The van der Waals surface area contributed by atoms with E-state index < -0.39 is 5.82 Å². The molecule has 2 saturated heterocycles. The summed E-state index contributed by atoms with van der Waals surface area (Å²) in [6.45, 7) is 3.82. The number of anilines is 1. The number of piperidine rings is 1. The molecule has 1 N–H and O–H groups in total. The van der Waals surface area contributed by atoms with Crippen molar-refractivity contribution in [2.75, 3.05) is 37.7 Å². The lowest BCUT2D eigenvalue weighted by Crippen LogP contribution is -2.57. The van der Waals surface area contributed by atoms with E-state index in [0.29, 0.717) is 17.9 Å². The summed E-state index contributed by atoms with van der Waals surface area (Å²) in [5, 5.41) is 10.5. The molecule has 0 saturated carbocycles. The van der Waals surface area contributed by atoms with Gasteiger partial charge in [-0.2, -0.15) is 0 Å². The SMILES string of the molecule is OCC1CCC2CN(c3ncc(F)c(C=S)n3)CCN2C1. The normalized spacial score (nSPS) is 26.5. The van der Waals surface area contributed by atoms with Gasteiger partial charge in [0.2, 0.25) is 5.95 Å². The molecule has 2 aliphatic rings. The second kappa shape index (κ2) is 6.29. The predicted octanol–water partition coefficient (Wildman–Crippen LogP) is 0.856. The van der Waals surface area contributed by atoms with Crippen molar-refractivity contribution >= 4 is 23.5 Å². The third-order valence-electron chi connectivity index (χ3n) is 4.42. The van der Waals surface area contributed by atoms with E-state index in [1.807, 2.05) is 0 Å². The topological polar surface area (TPSA) is 52.5 Å². The Balaban J connectivity index is 1.71. The second-order valence-corrected chi connectivity index (χ2v) is 5.98. The summed E-state index contributed by atoms with van der Waals surface area (Å²) in [6.07, 6.45) is 3.32.